The largest absolute Gasteiger partial charge is 0.393 e. The lowest BCUT2D eigenvalue weighted by atomic mass is 9.97. The molecule has 0 rings (SSSR count). The molecule has 0 bridgehead atoms. The maximum atomic E-state index is 9.43. The number of alkyl halides is 1. The summed E-state index contributed by atoms with van der Waals surface area (Å²) in [4.78, 5) is 0. The van der Waals surface area contributed by atoms with E-state index in [2.05, 4.69) is 29.8 Å². The third-order valence-electron chi connectivity index (χ3n) is 1.46. The van der Waals surface area contributed by atoms with Crippen LogP contribution in [0.2, 0.25) is 0 Å². The SMILES string of the molecule is CC(C)C(O)CC(C)(C)Br. The number of aliphatic hydroxyl groups excluding tert-OH is 1. The average molecular weight is 209 g/mol. The summed E-state index contributed by atoms with van der Waals surface area (Å²) >= 11 is 3.49. The van der Waals surface area contributed by atoms with Gasteiger partial charge in [0, 0.05) is 4.32 Å². The Morgan fingerprint density at radius 1 is 1.40 bits per heavy atom. The summed E-state index contributed by atoms with van der Waals surface area (Å²) in [5.41, 5.74) is 0. The summed E-state index contributed by atoms with van der Waals surface area (Å²) in [5.74, 6) is 0.358. The van der Waals surface area contributed by atoms with Crippen LogP contribution in [0.3, 0.4) is 0 Å². The molecule has 0 aliphatic carbocycles. The maximum absolute atomic E-state index is 9.43. The van der Waals surface area contributed by atoms with Crippen LogP contribution in [0.4, 0.5) is 0 Å². The molecule has 10 heavy (non-hydrogen) atoms. The van der Waals surface area contributed by atoms with E-state index in [1.54, 1.807) is 0 Å². The zero-order chi connectivity index (χ0) is 8.36. The lowest BCUT2D eigenvalue weighted by Crippen LogP contribution is -2.24. The molecule has 0 radical (unpaired) electrons. The first kappa shape index (κ1) is 10.4. The molecule has 0 saturated carbocycles. The van der Waals surface area contributed by atoms with Gasteiger partial charge in [-0.3, -0.25) is 0 Å². The quantitative estimate of drug-likeness (QED) is 0.708. The number of hydrogen-bond donors (Lipinski definition) is 1. The van der Waals surface area contributed by atoms with E-state index < -0.39 is 0 Å². The third-order valence-corrected chi connectivity index (χ3v) is 1.79. The molecular weight excluding hydrogens is 192 g/mol. The van der Waals surface area contributed by atoms with Gasteiger partial charge < -0.3 is 5.11 Å². The minimum atomic E-state index is -0.186. The Labute approximate surface area is 72.0 Å². The van der Waals surface area contributed by atoms with Crippen LogP contribution in [0.25, 0.3) is 0 Å². The van der Waals surface area contributed by atoms with Crippen LogP contribution in [0.5, 0.6) is 0 Å². The highest BCUT2D eigenvalue weighted by atomic mass is 79.9. The highest BCUT2D eigenvalue weighted by Gasteiger charge is 2.20. The van der Waals surface area contributed by atoms with Crippen molar-refractivity contribution in [3.8, 4) is 0 Å². The van der Waals surface area contributed by atoms with E-state index in [4.69, 9.17) is 0 Å². The molecule has 0 fully saturated rings. The molecule has 0 aliphatic rings. The Hall–Kier alpha value is 0.440. The topological polar surface area (TPSA) is 20.2 Å². The van der Waals surface area contributed by atoms with Crippen molar-refractivity contribution >= 4 is 15.9 Å². The van der Waals surface area contributed by atoms with Crippen molar-refractivity contribution in [2.75, 3.05) is 0 Å². The second-order valence-electron chi connectivity index (χ2n) is 3.73. The van der Waals surface area contributed by atoms with Crippen LogP contribution in [0, 0.1) is 5.92 Å². The molecule has 0 heterocycles. The molecule has 0 aromatic heterocycles. The van der Waals surface area contributed by atoms with Crippen LogP contribution in [0.1, 0.15) is 34.1 Å². The van der Waals surface area contributed by atoms with Crippen molar-refractivity contribution in [3.05, 3.63) is 0 Å². The normalized spacial score (nSPS) is 15.9. The van der Waals surface area contributed by atoms with Crippen molar-refractivity contribution < 1.29 is 5.11 Å². The highest BCUT2D eigenvalue weighted by Crippen LogP contribution is 2.24. The molecule has 1 unspecified atom stereocenters. The second-order valence-corrected chi connectivity index (χ2v) is 5.88. The monoisotopic (exact) mass is 208 g/mol. The summed E-state index contributed by atoms with van der Waals surface area (Å²) in [7, 11) is 0. The van der Waals surface area contributed by atoms with Crippen LogP contribution < -0.4 is 0 Å². The number of aliphatic hydroxyl groups is 1. The van der Waals surface area contributed by atoms with E-state index in [-0.39, 0.29) is 10.4 Å². The van der Waals surface area contributed by atoms with Crippen molar-refractivity contribution in [3.63, 3.8) is 0 Å². The molecule has 1 atom stereocenters. The number of rotatable bonds is 3. The van der Waals surface area contributed by atoms with E-state index >= 15 is 0 Å². The number of halogens is 1. The lowest BCUT2D eigenvalue weighted by Gasteiger charge is -2.22. The molecule has 62 valence electrons. The third kappa shape index (κ3) is 5.24. The Morgan fingerprint density at radius 2 is 1.80 bits per heavy atom. The summed E-state index contributed by atoms with van der Waals surface area (Å²) in [6.07, 6.45) is 0.624. The summed E-state index contributed by atoms with van der Waals surface area (Å²) < 4.78 is 0.0662. The Balaban J connectivity index is 3.68. The molecule has 0 aromatic carbocycles. The van der Waals surface area contributed by atoms with Gasteiger partial charge >= 0.3 is 0 Å². The van der Waals surface area contributed by atoms with Gasteiger partial charge in [-0.25, -0.2) is 0 Å². The molecular formula is C8H17BrO. The van der Waals surface area contributed by atoms with E-state index in [1.165, 1.54) is 0 Å². The van der Waals surface area contributed by atoms with Gasteiger partial charge in [0.05, 0.1) is 6.10 Å². The van der Waals surface area contributed by atoms with E-state index in [0.29, 0.717) is 5.92 Å². The van der Waals surface area contributed by atoms with Gasteiger partial charge in [-0.15, -0.1) is 0 Å². The molecule has 0 saturated heterocycles. The fourth-order valence-corrected chi connectivity index (χ4v) is 1.06. The summed E-state index contributed by atoms with van der Waals surface area (Å²) in [6, 6.07) is 0. The minimum absolute atomic E-state index is 0.0662. The van der Waals surface area contributed by atoms with Crippen molar-refractivity contribution in [1.29, 1.82) is 0 Å². The van der Waals surface area contributed by atoms with Crippen molar-refractivity contribution in [2.45, 2.75) is 44.5 Å². The minimum Gasteiger partial charge on any atom is -0.393 e. The first-order valence-electron chi connectivity index (χ1n) is 3.70. The predicted molar refractivity (Wildman–Crippen MR) is 48.5 cm³/mol. The van der Waals surface area contributed by atoms with Gasteiger partial charge in [-0.1, -0.05) is 29.8 Å². The van der Waals surface area contributed by atoms with Crippen molar-refractivity contribution in [2.24, 2.45) is 5.92 Å². The van der Waals surface area contributed by atoms with Crippen LogP contribution in [-0.4, -0.2) is 15.5 Å². The Morgan fingerprint density at radius 3 is 1.90 bits per heavy atom. The smallest absolute Gasteiger partial charge is 0.0576 e. The lowest BCUT2D eigenvalue weighted by molar-refractivity contribution is 0.109. The van der Waals surface area contributed by atoms with Gasteiger partial charge in [0.25, 0.3) is 0 Å². The van der Waals surface area contributed by atoms with Gasteiger partial charge in [-0.05, 0) is 26.2 Å². The first-order valence-corrected chi connectivity index (χ1v) is 4.49. The van der Waals surface area contributed by atoms with Crippen LogP contribution in [0.15, 0.2) is 0 Å². The second kappa shape index (κ2) is 3.72. The van der Waals surface area contributed by atoms with E-state index in [0.717, 1.165) is 6.42 Å². The fourth-order valence-electron chi connectivity index (χ4n) is 0.733. The molecule has 0 aromatic rings. The molecule has 1 N–H and O–H groups in total. The average Bonchev–Trinajstić information content (AvgIpc) is 1.60. The summed E-state index contributed by atoms with van der Waals surface area (Å²) in [5, 5.41) is 9.43. The van der Waals surface area contributed by atoms with Gasteiger partial charge in [-0.2, -0.15) is 0 Å². The Bertz CT molecular complexity index is 93.9. The molecule has 1 nitrogen and oxygen atoms in total. The van der Waals surface area contributed by atoms with Gasteiger partial charge in [0.2, 0.25) is 0 Å². The van der Waals surface area contributed by atoms with Crippen LogP contribution >= 0.6 is 15.9 Å². The summed E-state index contributed by atoms with van der Waals surface area (Å²) in [6.45, 7) is 8.20. The molecule has 2 heteroatoms. The highest BCUT2D eigenvalue weighted by molar-refractivity contribution is 9.10. The fraction of sp³-hybridized carbons (Fsp3) is 1.00. The van der Waals surface area contributed by atoms with Crippen LogP contribution in [-0.2, 0) is 0 Å². The van der Waals surface area contributed by atoms with Crippen molar-refractivity contribution in [1.82, 2.24) is 0 Å². The number of hydrogen-bond acceptors (Lipinski definition) is 1. The molecule has 0 spiro atoms. The van der Waals surface area contributed by atoms with Gasteiger partial charge in [0.1, 0.15) is 0 Å². The standard InChI is InChI=1S/C8H17BrO/c1-6(2)7(10)5-8(3,4)9/h6-7,10H,5H2,1-4H3. The van der Waals surface area contributed by atoms with E-state index in [9.17, 15) is 5.11 Å². The Kier molecular flexibility index (Phi) is 3.89. The van der Waals surface area contributed by atoms with E-state index in [1.807, 2.05) is 13.8 Å². The zero-order valence-electron chi connectivity index (χ0n) is 7.19. The maximum Gasteiger partial charge on any atom is 0.0576 e. The van der Waals surface area contributed by atoms with Gasteiger partial charge in [0.15, 0.2) is 0 Å². The first-order chi connectivity index (χ1) is 4.33. The molecule has 0 amide bonds. The zero-order valence-corrected chi connectivity index (χ0v) is 8.77. The predicted octanol–water partition coefficient (Wildman–Crippen LogP) is 2.57. The molecule has 0 aliphatic heterocycles.